The monoisotopic (exact) mass is 374 g/mol. The molecular weight excluding hydrogens is 356 g/mol. The Kier molecular flexibility index (Phi) is 5.16. The largest absolute Gasteiger partial charge is 0.348 e. The molecule has 0 unspecified atom stereocenters. The number of aromatic amines is 1. The number of aromatic nitrogens is 3. The molecule has 0 aliphatic heterocycles. The second-order valence-corrected chi connectivity index (χ2v) is 7.05. The molecule has 1 amide bonds. The van der Waals surface area contributed by atoms with Crippen molar-refractivity contribution in [3.63, 3.8) is 0 Å². The smallest absolute Gasteiger partial charge is 0.251 e. The first-order chi connectivity index (χ1) is 13.3. The third kappa shape index (κ3) is 4.35. The number of carbonyl (C=O) groups excluding carboxylic acids is 1. The minimum Gasteiger partial charge on any atom is -0.348 e. The molecule has 27 heavy (non-hydrogen) atoms. The zero-order valence-electron chi connectivity index (χ0n) is 14.6. The van der Waals surface area contributed by atoms with E-state index in [0.717, 1.165) is 33.1 Å². The number of nitrogens with one attached hydrogen (secondary N) is 2. The number of amides is 1. The first-order valence-electron chi connectivity index (χ1n) is 8.61. The summed E-state index contributed by atoms with van der Waals surface area (Å²) in [6.07, 6.45) is 3.46. The molecule has 4 rings (SSSR count). The number of carbonyl (C=O) groups is 1. The number of benzene rings is 2. The van der Waals surface area contributed by atoms with Gasteiger partial charge in [0.1, 0.15) is 0 Å². The van der Waals surface area contributed by atoms with Gasteiger partial charge in [-0.2, -0.15) is 0 Å². The Morgan fingerprint density at radius 1 is 1.00 bits per heavy atom. The second kappa shape index (κ2) is 8.05. The van der Waals surface area contributed by atoms with E-state index in [1.54, 1.807) is 24.2 Å². The molecule has 0 spiro atoms. The van der Waals surface area contributed by atoms with E-state index < -0.39 is 0 Å². The van der Waals surface area contributed by atoms with Crippen LogP contribution in [0.4, 0.5) is 0 Å². The minimum atomic E-state index is -0.0876. The highest BCUT2D eigenvalue weighted by atomic mass is 32.2. The van der Waals surface area contributed by atoms with E-state index in [1.807, 2.05) is 60.7 Å². The summed E-state index contributed by atoms with van der Waals surface area (Å²) in [5.41, 5.74) is 4.78. The molecule has 2 heterocycles. The SMILES string of the molecule is O=C(NCc1cccnc1)c1ccc(CSc2nc3ccccc3[nH]2)cc1. The normalized spacial score (nSPS) is 10.8. The van der Waals surface area contributed by atoms with E-state index in [9.17, 15) is 4.79 Å². The Bertz CT molecular complexity index is 1010. The molecule has 2 N–H and O–H groups in total. The van der Waals surface area contributed by atoms with Crippen molar-refractivity contribution in [2.75, 3.05) is 0 Å². The summed E-state index contributed by atoms with van der Waals surface area (Å²) < 4.78 is 0. The van der Waals surface area contributed by atoms with Gasteiger partial charge in [-0.3, -0.25) is 9.78 Å². The lowest BCUT2D eigenvalue weighted by Gasteiger charge is -2.06. The quantitative estimate of drug-likeness (QED) is 0.497. The molecule has 6 heteroatoms. The molecule has 2 aromatic heterocycles. The van der Waals surface area contributed by atoms with Gasteiger partial charge in [0.2, 0.25) is 0 Å². The van der Waals surface area contributed by atoms with Crippen LogP contribution in [-0.4, -0.2) is 20.9 Å². The number of imidazole rings is 1. The third-order valence-corrected chi connectivity index (χ3v) is 5.08. The van der Waals surface area contributed by atoms with Gasteiger partial charge in [0.15, 0.2) is 5.16 Å². The van der Waals surface area contributed by atoms with E-state index in [2.05, 4.69) is 20.3 Å². The van der Waals surface area contributed by atoms with Crippen LogP contribution in [0.3, 0.4) is 0 Å². The first kappa shape index (κ1) is 17.3. The van der Waals surface area contributed by atoms with Crippen LogP contribution in [0, 0.1) is 0 Å². The van der Waals surface area contributed by atoms with E-state index in [-0.39, 0.29) is 5.91 Å². The highest BCUT2D eigenvalue weighted by Crippen LogP contribution is 2.23. The summed E-state index contributed by atoms with van der Waals surface area (Å²) in [6, 6.07) is 19.5. The van der Waals surface area contributed by atoms with Gasteiger partial charge in [0.25, 0.3) is 5.91 Å². The van der Waals surface area contributed by atoms with Gasteiger partial charge in [-0.05, 0) is 41.5 Å². The van der Waals surface area contributed by atoms with Gasteiger partial charge in [-0.25, -0.2) is 4.98 Å². The molecule has 0 aliphatic rings. The van der Waals surface area contributed by atoms with Crippen LogP contribution < -0.4 is 5.32 Å². The Morgan fingerprint density at radius 3 is 2.63 bits per heavy atom. The standard InChI is InChI=1S/C21H18N4OS/c26-20(23-13-16-4-3-11-22-12-16)17-9-7-15(8-10-17)14-27-21-24-18-5-1-2-6-19(18)25-21/h1-12H,13-14H2,(H,23,26)(H,24,25). The zero-order valence-corrected chi connectivity index (χ0v) is 15.4. The van der Waals surface area contributed by atoms with Crippen molar-refractivity contribution in [3.05, 3.63) is 89.7 Å². The molecule has 0 bridgehead atoms. The highest BCUT2D eigenvalue weighted by Gasteiger charge is 2.07. The van der Waals surface area contributed by atoms with E-state index in [1.165, 1.54) is 0 Å². The summed E-state index contributed by atoms with van der Waals surface area (Å²) in [5.74, 6) is 0.701. The van der Waals surface area contributed by atoms with Crippen LogP contribution in [0.25, 0.3) is 11.0 Å². The number of hydrogen-bond acceptors (Lipinski definition) is 4. The average Bonchev–Trinajstić information content (AvgIpc) is 3.15. The number of para-hydroxylation sites is 2. The predicted molar refractivity (Wildman–Crippen MR) is 108 cm³/mol. The molecule has 134 valence electrons. The van der Waals surface area contributed by atoms with Crippen LogP contribution in [-0.2, 0) is 12.3 Å². The van der Waals surface area contributed by atoms with Gasteiger partial charge in [0.05, 0.1) is 11.0 Å². The van der Waals surface area contributed by atoms with Crippen molar-refractivity contribution >= 4 is 28.7 Å². The summed E-state index contributed by atoms with van der Waals surface area (Å²) in [6.45, 7) is 0.469. The number of nitrogens with zero attached hydrogens (tertiary/aromatic N) is 2. The van der Waals surface area contributed by atoms with Gasteiger partial charge < -0.3 is 10.3 Å². The second-order valence-electron chi connectivity index (χ2n) is 6.09. The fraction of sp³-hybridized carbons (Fsp3) is 0.0952. The van der Waals surface area contributed by atoms with Crippen LogP contribution in [0.2, 0.25) is 0 Å². The van der Waals surface area contributed by atoms with Crippen molar-refractivity contribution in [3.8, 4) is 0 Å². The molecule has 0 fully saturated rings. The van der Waals surface area contributed by atoms with Gasteiger partial charge in [0, 0.05) is 30.3 Å². The van der Waals surface area contributed by atoms with E-state index in [4.69, 9.17) is 0 Å². The Hall–Kier alpha value is -3.12. The number of rotatable bonds is 6. The van der Waals surface area contributed by atoms with E-state index in [0.29, 0.717) is 12.1 Å². The van der Waals surface area contributed by atoms with Gasteiger partial charge >= 0.3 is 0 Å². The summed E-state index contributed by atoms with van der Waals surface area (Å²) >= 11 is 1.65. The summed E-state index contributed by atoms with van der Waals surface area (Å²) in [7, 11) is 0. The summed E-state index contributed by atoms with van der Waals surface area (Å²) in [5, 5.41) is 3.81. The minimum absolute atomic E-state index is 0.0876. The molecule has 0 saturated heterocycles. The zero-order chi connectivity index (χ0) is 18.5. The maximum Gasteiger partial charge on any atom is 0.251 e. The molecular formula is C21H18N4OS. The fourth-order valence-electron chi connectivity index (χ4n) is 2.69. The lowest BCUT2D eigenvalue weighted by molar-refractivity contribution is 0.0951. The average molecular weight is 374 g/mol. The lowest BCUT2D eigenvalue weighted by atomic mass is 10.1. The van der Waals surface area contributed by atoms with Crippen molar-refractivity contribution in [1.82, 2.24) is 20.3 Å². The Balaban J connectivity index is 1.33. The van der Waals surface area contributed by atoms with Crippen molar-refractivity contribution < 1.29 is 4.79 Å². The van der Waals surface area contributed by atoms with Crippen LogP contribution in [0.5, 0.6) is 0 Å². The third-order valence-electron chi connectivity index (χ3n) is 4.14. The van der Waals surface area contributed by atoms with Gasteiger partial charge in [-0.15, -0.1) is 0 Å². The molecule has 4 aromatic rings. The number of pyridine rings is 1. The van der Waals surface area contributed by atoms with Crippen LogP contribution >= 0.6 is 11.8 Å². The molecule has 0 saturated carbocycles. The van der Waals surface area contributed by atoms with E-state index >= 15 is 0 Å². The molecule has 0 atom stereocenters. The number of thioether (sulfide) groups is 1. The maximum absolute atomic E-state index is 12.3. The maximum atomic E-state index is 12.3. The lowest BCUT2D eigenvalue weighted by Crippen LogP contribution is -2.22. The number of hydrogen-bond donors (Lipinski definition) is 2. The Morgan fingerprint density at radius 2 is 1.85 bits per heavy atom. The van der Waals surface area contributed by atoms with Crippen LogP contribution in [0.1, 0.15) is 21.5 Å². The van der Waals surface area contributed by atoms with Crippen LogP contribution in [0.15, 0.2) is 78.2 Å². The molecule has 2 aromatic carbocycles. The van der Waals surface area contributed by atoms with Crippen molar-refractivity contribution in [1.29, 1.82) is 0 Å². The van der Waals surface area contributed by atoms with Gasteiger partial charge in [-0.1, -0.05) is 42.1 Å². The number of fused-ring (bicyclic) bond motifs is 1. The first-order valence-corrected chi connectivity index (χ1v) is 9.60. The molecule has 0 aliphatic carbocycles. The van der Waals surface area contributed by atoms with Crippen molar-refractivity contribution in [2.24, 2.45) is 0 Å². The molecule has 0 radical (unpaired) electrons. The Labute approximate surface area is 161 Å². The highest BCUT2D eigenvalue weighted by molar-refractivity contribution is 7.98. The number of H-pyrrole nitrogens is 1. The topological polar surface area (TPSA) is 70.7 Å². The predicted octanol–water partition coefficient (Wildman–Crippen LogP) is 4.18. The fourth-order valence-corrected chi connectivity index (χ4v) is 3.53. The van der Waals surface area contributed by atoms with Crippen molar-refractivity contribution in [2.45, 2.75) is 17.5 Å². The molecule has 5 nitrogen and oxygen atoms in total. The summed E-state index contributed by atoms with van der Waals surface area (Å²) in [4.78, 5) is 24.2.